The van der Waals surface area contributed by atoms with E-state index in [9.17, 15) is 4.79 Å². The van der Waals surface area contributed by atoms with Gasteiger partial charge < -0.3 is 15.4 Å². The van der Waals surface area contributed by atoms with E-state index in [-0.39, 0.29) is 24.4 Å². The zero-order valence-electron chi connectivity index (χ0n) is 13.9. The molecule has 2 N–H and O–H groups in total. The summed E-state index contributed by atoms with van der Waals surface area (Å²) in [6.07, 6.45) is 5.13. The normalized spacial score (nSPS) is 25.8. The summed E-state index contributed by atoms with van der Waals surface area (Å²) in [5.74, 6) is 0.920. The van der Waals surface area contributed by atoms with Gasteiger partial charge in [0.1, 0.15) is 5.75 Å². The van der Waals surface area contributed by atoms with E-state index in [0.29, 0.717) is 24.5 Å². The van der Waals surface area contributed by atoms with Crippen LogP contribution in [0.15, 0.2) is 24.3 Å². The molecule has 2 saturated heterocycles. The summed E-state index contributed by atoms with van der Waals surface area (Å²) in [5.41, 5.74) is 0.964. The van der Waals surface area contributed by atoms with Crippen molar-refractivity contribution in [3.05, 3.63) is 29.8 Å². The number of fused-ring (bicyclic) bond motifs is 2. The average molecular weight is 339 g/mol. The predicted octanol–water partition coefficient (Wildman–Crippen LogP) is 2.84. The Balaban J connectivity index is 0.00000192. The van der Waals surface area contributed by atoms with Crippen molar-refractivity contribution in [2.24, 2.45) is 0 Å². The Bertz CT molecular complexity index is 524. The molecule has 23 heavy (non-hydrogen) atoms. The van der Waals surface area contributed by atoms with Gasteiger partial charge in [-0.15, -0.1) is 12.4 Å². The first-order valence-corrected chi connectivity index (χ1v) is 8.40. The zero-order valence-corrected chi connectivity index (χ0v) is 14.7. The van der Waals surface area contributed by atoms with Crippen LogP contribution in [0.4, 0.5) is 0 Å². The molecule has 2 bridgehead atoms. The van der Waals surface area contributed by atoms with Crippen molar-refractivity contribution in [2.75, 3.05) is 0 Å². The molecule has 128 valence electrons. The number of ether oxygens (including phenoxy) is 1. The molecule has 1 aromatic rings. The van der Waals surface area contributed by atoms with Gasteiger partial charge in [0.25, 0.3) is 0 Å². The van der Waals surface area contributed by atoms with E-state index >= 15 is 0 Å². The molecule has 4 nitrogen and oxygen atoms in total. The third-order valence-electron chi connectivity index (χ3n) is 4.52. The molecule has 2 atom stereocenters. The minimum Gasteiger partial charge on any atom is -0.491 e. The number of piperidine rings is 1. The fourth-order valence-electron chi connectivity index (χ4n) is 3.65. The van der Waals surface area contributed by atoms with Gasteiger partial charge in [0.15, 0.2) is 0 Å². The molecule has 2 heterocycles. The Morgan fingerprint density at radius 1 is 1.26 bits per heavy atom. The molecule has 0 aromatic heterocycles. The first kappa shape index (κ1) is 18.1. The number of carbonyl (C=O) groups excluding carboxylic acids is 1. The highest BCUT2D eigenvalue weighted by Crippen LogP contribution is 2.27. The number of halogens is 1. The van der Waals surface area contributed by atoms with Crippen molar-refractivity contribution >= 4 is 18.3 Å². The Labute approximate surface area is 144 Å². The molecule has 3 rings (SSSR count). The minimum absolute atomic E-state index is 0. The summed E-state index contributed by atoms with van der Waals surface area (Å²) in [6.45, 7) is 4.00. The summed E-state index contributed by atoms with van der Waals surface area (Å²) in [4.78, 5) is 12.4. The van der Waals surface area contributed by atoms with Crippen molar-refractivity contribution in [1.29, 1.82) is 0 Å². The number of nitrogens with one attached hydrogen (secondary N) is 2. The summed E-state index contributed by atoms with van der Waals surface area (Å²) >= 11 is 0. The topological polar surface area (TPSA) is 50.4 Å². The molecule has 2 aliphatic rings. The first-order valence-electron chi connectivity index (χ1n) is 8.40. The van der Waals surface area contributed by atoms with Crippen molar-refractivity contribution in [1.82, 2.24) is 10.6 Å². The smallest absolute Gasteiger partial charge is 0.224 e. The standard InChI is InChI=1S/C18H26N2O2.ClH/c1-12(2)22-17-6-4-3-5-13(17)9-18(21)20-16-10-14-7-8-15(11-16)19-14;/h3-6,12,14-16,19H,7-11H2,1-2H3,(H,20,21);1H. The van der Waals surface area contributed by atoms with Crippen LogP contribution in [0.2, 0.25) is 0 Å². The molecule has 0 radical (unpaired) electrons. The molecule has 0 saturated carbocycles. The van der Waals surface area contributed by atoms with E-state index in [2.05, 4.69) is 10.6 Å². The molecule has 1 amide bonds. The van der Waals surface area contributed by atoms with Crippen LogP contribution >= 0.6 is 12.4 Å². The lowest BCUT2D eigenvalue weighted by atomic mass is 9.99. The number of hydrogen-bond donors (Lipinski definition) is 2. The number of benzene rings is 1. The zero-order chi connectivity index (χ0) is 15.5. The summed E-state index contributed by atoms with van der Waals surface area (Å²) in [6, 6.07) is 9.34. The van der Waals surface area contributed by atoms with Crippen molar-refractivity contribution in [2.45, 2.75) is 70.2 Å². The molecule has 0 spiro atoms. The number of hydrogen-bond acceptors (Lipinski definition) is 3. The highest BCUT2D eigenvalue weighted by Gasteiger charge is 2.33. The van der Waals surface area contributed by atoms with E-state index in [1.165, 1.54) is 12.8 Å². The summed E-state index contributed by atoms with van der Waals surface area (Å²) in [5, 5.41) is 6.82. The molecular formula is C18H27ClN2O2. The van der Waals surface area contributed by atoms with Crippen molar-refractivity contribution < 1.29 is 9.53 Å². The van der Waals surface area contributed by atoms with Gasteiger partial charge >= 0.3 is 0 Å². The van der Waals surface area contributed by atoms with Crippen molar-refractivity contribution in [3.63, 3.8) is 0 Å². The Morgan fingerprint density at radius 2 is 1.91 bits per heavy atom. The highest BCUT2D eigenvalue weighted by molar-refractivity contribution is 5.85. The predicted molar refractivity (Wildman–Crippen MR) is 94.3 cm³/mol. The van der Waals surface area contributed by atoms with Gasteiger partial charge in [-0.25, -0.2) is 0 Å². The molecule has 2 fully saturated rings. The maximum absolute atomic E-state index is 12.4. The van der Waals surface area contributed by atoms with E-state index in [1.807, 2.05) is 38.1 Å². The van der Waals surface area contributed by atoms with Crippen LogP contribution in [-0.2, 0) is 11.2 Å². The van der Waals surface area contributed by atoms with Crippen LogP contribution in [0.3, 0.4) is 0 Å². The fraction of sp³-hybridized carbons (Fsp3) is 0.611. The average Bonchev–Trinajstić information content (AvgIpc) is 2.79. The van der Waals surface area contributed by atoms with Crippen LogP contribution in [0.25, 0.3) is 0 Å². The fourth-order valence-corrected chi connectivity index (χ4v) is 3.65. The SMILES string of the molecule is CC(C)Oc1ccccc1CC(=O)NC1CC2CCC(C1)N2.Cl. The molecule has 2 unspecified atom stereocenters. The van der Waals surface area contributed by atoms with Crippen LogP contribution in [0.5, 0.6) is 5.75 Å². The molecule has 2 aliphatic heterocycles. The largest absolute Gasteiger partial charge is 0.491 e. The first-order chi connectivity index (χ1) is 10.6. The van der Waals surface area contributed by atoms with Gasteiger partial charge in [-0.3, -0.25) is 4.79 Å². The maximum atomic E-state index is 12.4. The second-order valence-electron chi connectivity index (χ2n) is 6.82. The van der Waals surface area contributed by atoms with Crippen LogP contribution < -0.4 is 15.4 Å². The lowest BCUT2D eigenvalue weighted by Crippen LogP contribution is -2.48. The van der Waals surface area contributed by atoms with E-state index in [4.69, 9.17) is 4.74 Å². The number of para-hydroxylation sites is 1. The number of carbonyl (C=O) groups is 1. The quantitative estimate of drug-likeness (QED) is 0.868. The van der Waals surface area contributed by atoms with E-state index < -0.39 is 0 Å². The Morgan fingerprint density at radius 3 is 2.57 bits per heavy atom. The second-order valence-corrected chi connectivity index (χ2v) is 6.82. The van der Waals surface area contributed by atoms with E-state index in [1.54, 1.807) is 0 Å². The minimum atomic E-state index is 0. The molecule has 5 heteroatoms. The number of rotatable bonds is 5. The van der Waals surface area contributed by atoms with Crippen molar-refractivity contribution in [3.8, 4) is 5.75 Å². The van der Waals surface area contributed by atoms with Crippen LogP contribution in [0, 0.1) is 0 Å². The molecule has 1 aromatic carbocycles. The van der Waals surface area contributed by atoms with Gasteiger partial charge in [-0.1, -0.05) is 18.2 Å². The Hall–Kier alpha value is -1.26. The monoisotopic (exact) mass is 338 g/mol. The van der Waals surface area contributed by atoms with Gasteiger partial charge in [0.2, 0.25) is 5.91 Å². The van der Waals surface area contributed by atoms with Crippen LogP contribution in [0.1, 0.15) is 45.1 Å². The summed E-state index contributed by atoms with van der Waals surface area (Å²) in [7, 11) is 0. The molecular weight excluding hydrogens is 312 g/mol. The van der Waals surface area contributed by atoms with Gasteiger partial charge in [-0.2, -0.15) is 0 Å². The third kappa shape index (κ3) is 4.85. The van der Waals surface area contributed by atoms with Gasteiger partial charge in [0, 0.05) is 23.7 Å². The van der Waals surface area contributed by atoms with Crippen LogP contribution in [-0.4, -0.2) is 30.1 Å². The lowest BCUT2D eigenvalue weighted by Gasteiger charge is -2.29. The Kier molecular flexibility index (Phi) is 6.31. The van der Waals surface area contributed by atoms with Gasteiger partial charge in [-0.05, 0) is 45.6 Å². The number of amides is 1. The van der Waals surface area contributed by atoms with E-state index in [0.717, 1.165) is 24.2 Å². The summed E-state index contributed by atoms with van der Waals surface area (Å²) < 4.78 is 5.79. The molecule has 0 aliphatic carbocycles. The second kappa shape index (κ2) is 8.02. The lowest BCUT2D eigenvalue weighted by molar-refractivity contribution is -0.121. The van der Waals surface area contributed by atoms with Gasteiger partial charge in [0.05, 0.1) is 12.5 Å². The third-order valence-corrected chi connectivity index (χ3v) is 4.52. The maximum Gasteiger partial charge on any atom is 0.224 e. The highest BCUT2D eigenvalue weighted by atomic mass is 35.5.